The zero-order valence-corrected chi connectivity index (χ0v) is 23.3. The number of allylic oxidation sites excluding steroid dienone is 1. The number of hydrogen-bond acceptors (Lipinski definition) is 3. The Kier molecular flexibility index (Phi) is 8.20. The number of carbonyl (C=O) groups excluding carboxylic acids is 1. The van der Waals surface area contributed by atoms with Gasteiger partial charge < -0.3 is 4.90 Å². The molecule has 0 saturated carbocycles. The van der Waals surface area contributed by atoms with Crippen molar-refractivity contribution in [1.82, 2.24) is 9.80 Å². The first-order valence-corrected chi connectivity index (χ1v) is 14.5. The molecule has 2 aliphatic rings. The van der Waals surface area contributed by atoms with Crippen molar-refractivity contribution in [3.05, 3.63) is 82.9 Å². The van der Waals surface area contributed by atoms with Crippen molar-refractivity contribution in [3.8, 4) is 0 Å². The average Bonchev–Trinajstić information content (AvgIpc) is 2.92. The molecule has 0 unspecified atom stereocenters. The summed E-state index contributed by atoms with van der Waals surface area (Å²) >= 11 is 1.90. The van der Waals surface area contributed by atoms with Gasteiger partial charge in [-0.25, -0.2) is 8.78 Å². The highest BCUT2D eigenvalue weighted by Crippen LogP contribution is 2.31. The van der Waals surface area contributed by atoms with Crippen LogP contribution >= 0.6 is 11.8 Å². The lowest BCUT2D eigenvalue weighted by molar-refractivity contribution is 0.0610. The fourth-order valence-corrected chi connectivity index (χ4v) is 6.73. The van der Waals surface area contributed by atoms with Gasteiger partial charge in [0.25, 0.3) is 5.91 Å². The number of amides is 1. The minimum atomic E-state index is -0.662. The quantitative estimate of drug-likeness (QED) is 0.312. The van der Waals surface area contributed by atoms with Gasteiger partial charge in [-0.1, -0.05) is 43.7 Å². The van der Waals surface area contributed by atoms with E-state index in [0.29, 0.717) is 35.3 Å². The molecule has 38 heavy (non-hydrogen) atoms. The molecule has 0 aliphatic carbocycles. The summed E-state index contributed by atoms with van der Waals surface area (Å²) in [7, 11) is 0. The van der Waals surface area contributed by atoms with E-state index in [1.807, 2.05) is 16.7 Å². The predicted octanol–water partition coefficient (Wildman–Crippen LogP) is 7.79. The third-order valence-electron chi connectivity index (χ3n) is 8.00. The second kappa shape index (κ2) is 11.6. The summed E-state index contributed by atoms with van der Waals surface area (Å²) < 4.78 is 28.1. The second-order valence-electron chi connectivity index (χ2n) is 10.8. The van der Waals surface area contributed by atoms with Gasteiger partial charge in [0.1, 0.15) is 11.6 Å². The Balaban J connectivity index is 1.18. The van der Waals surface area contributed by atoms with Crippen LogP contribution in [0.1, 0.15) is 62.4 Å². The minimum absolute atomic E-state index is 0.142. The number of likely N-dealkylation sites (tertiary alicyclic amines) is 2. The molecule has 0 radical (unpaired) electrons. The highest BCUT2D eigenvalue weighted by Gasteiger charge is 2.30. The first kappa shape index (κ1) is 26.9. The van der Waals surface area contributed by atoms with Crippen LogP contribution in [0.3, 0.4) is 0 Å². The van der Waals surface area contributed by atoms with E-state index in [1.54, 1.807) is 23.8 Å². The van der Waals surface area contributed by atoms with Crippen LogP contribution in [0, 0.1) is 11.6 Å². The van der Waals surface area contributed by atoms with Crippen molar-refractivity contribution in [1.29, 1.82) is 0 Å². The van der Waals surface area contributed by atoms with E-state index in [4.69, 9.17) is 0 Å². The molecule has 2 saturated heterocycles. The molecule has 5 rings (SSSR count). The summed E-state index contributed by atoms with van der Waals surface area (Å²) in [6.07, 6.45) is 4.01. The number of carbonyl (C=O) groups is 1. The van der Waals surface area contributed by atoms with Crippen molar-refractivity contribution in [2.75, 3.05) is 26.2 Å². The van der Waals surface area contributed by atoms with Crippen LogP contribution in [0.4, 0.5) is 8.78 Å². The molecule has 0 aromatic heterocycles. The predicted molar refractivity (Wildman–Crippen MR) is 154 cm³/mol. The third-order valence-corrected chi connectivity index (χ3v) is 9.02. The molecule has 2 heterocycles. The molecule has 2 aliphatic heterocycles. The summed E-state index contributed by atoms with van der Waals surface area (Å²) in [6.45, 7) is 10.1. The third kappa shape index (κ3) is 5.81. The molecule has 0 bridgehead atoms. The van der Waals surface area contributed by atoms with Crippen LogP contribution in [-0.4, -0.2) is 53.2 Å². The summed E-state index contributed by atoms with van der Waals surface area (Å²) in [5.74, 6) is -1.44. The molecule has 6 heteroatoms. The lowest BCUT2D eigenvalue weighted by atomic mass is 9.92. The Morgan fingerprint density at radius 3 is 2.26 bits per heavy atom. The summed E-state index contributed by atoms with van der Waals surface area (Å²) in [5, 5.41) is 1.21. The van der Waals surface area contributed by atoms with Gasteiger partial charge in [0, 0.05) is 64.8 Å². The Hall–Kier alpha value is -2.70. The van der Waals surface area contributed by atoms with E-state index in [9.17, 15) is 13.6 Å². The maximum absolute atomic E-state index is 14.2. The zero-order chi connectivity index (χ0) is 26.8. The molecule has 0 N–H and O–H groups in total. The monoisotopic (exact) mass is 534 g/mol. The topological polar surface area (TPSA) is 23.6 Å². The number of thioether (sulfide) groups is 1. The molecule has 0 spiro atoms. The molecular formula is C32H36F2N2OS. The number of hydrogen-bond donors (Lipinski definition) is 0. The molecule has 3 aromatic rings. The lowest BCUT2D eigenvalue weighted by Crippen LogP contribution is -2.48. The summed E-state index contributed by atoms with van der Waals surface area (Å²) in [4.78, 5) is 19.1. The van der Waals surface area contributed by atoms with Gasteiger partial charge in [0.05, 0.1) is 0 Å². The van der Waals surface area contributed by atoms with E-state index in [0.717, 1.165) is 44.8 Å². The molecular weight excluding hydrogens is 498 g/mol. The number of fused-ring (bicyclic) bond motifs is 1. The normalized spacial score (nSPS) is 17.4. The van der Waals surface area contributed by atoms with Gasteiger partial charge in [0.2, 0.25) is 0 Å². The van der Waals surface area contributed by atoms with Gasteiger partial charge in [-0.3, -0.25) is 9.69 Å². The van der Waals surface area contributed by atoms with E-state index in [-0.39, 0.29) is 11.3 Å². The number of halogens is 2. The van der Waals surface area contributed by atoms with Crippen molar-refractivity contribution >= 4 is 34.0 Å². The van der Waals surface area contributed by atoms with Gasteiger partial charge in [0.15, 0.2) is 0 Å². The number of nitrogens with zero attached hydrogens (tertiary/aromatic N) is 2. The van der Waals surface area contributed by atoms with Crippen molar-refractivity contribution in [3.63, 3.8) is 0 Å². The van der Waals surface area contributed by atoms with Crippen LogP contribution in [-0.2, 0) is 0 Å². The summed E-state index contributed by atoms with van der Waals surface area (Å²) in [6, 6.07) is 16.5. The Morgan fingerprint density at radius 1 is 0.921 bits per heavy atom. The number of rotatable bonds is 5. The first-order valence-electron chi connectivity index (χ1n) is 13.7. The van der Waals surface area contributed by atoms with Crippen LogP contribution in [0.5, 0.6) is 0 Å². The van der Waals surface area contributed by atoms with E-state index < -0.39 is 11.6 Å². The van der Waals surface area contributed by atoms with Crippen LogP contribution in [0.15, 0.2) is 65.1 Å². The lowest BCUT2D eigenvalue weighted by Gasteiger charge is -2.41. The SMILES string of the molecule is CC(=C1CCN(C2CCN(C(=O)c3cccc4c(F)cc(F)cc34)CC2)CC1)c1ccc(SC(C)C)cc1. The second-order valence-corrected chi connectivity index (χ2v) is 12.4. The Labute approximate surface area is 228 Å². The van der Waals surface area contributed by atoms with Crippen molar-refractivity contribution < 1.29 is 13.6 Å². The smallest absolute Gasteiger partial charge is 0.254 e. The van der Waals surface area contributed by atoms with Crippen LogP contribution in [0.25, 0.3) is 16.3 Å². The first-order chi connectivity index (χ1) is 18.3. The highest BCUT2D eigenvalue weighted by atomic mass is 32.2. The molecule has 1 amide bonds. The van der Waals surface area contributed by atoms with Gasteiger partial charge in [-0.2, -0.15) is 0 Å². The fourth-order valence-electron chi connectivity index (χ4n) is 5.89. The molecule has 0 atom stereocenters. The fraction of sp³-hybridized carbons (Fsp3) is 0.406. The van der Waals surface area contributed by atoms with Crippen LogP contribution in [0.2, 0.25) is 0 Å². The molecule has 2 fully saturated rings. The number of benzene rings is 3. The standard InChI is InChI=1S/C32H36F2N2OS/c1-21(2)38-27-9-7-23(8-10-27)22(3)24-11-15-35(16-12-24)26-13-17-36(18-14-26)32(37)29-6-4-5-28-30(29)19-25(33)20-31(28)34/h4-10,19-21,26H,11-18H2,1-3H3. The minimum Gasteiger partial charge on any atom is -0.339 e. The van der Waals surface area contributed by atoms with Crippen molar-refractivity contribution in [2.24, 2.45) is 0 Å². The molecule has 200 valence electrons. The average molecular weight is 535 g/mol. The van der Waals surface area contributed by atoms with E-state index in [2.05, 4.69) is 49.9 Å². The number of piperidine rings is 2. The Bertz CT molecular complexity index is 1330. The Morgan fingerprint density at radius 2 is 1.61 bits per heavy atom. The highest BCUT2D eigenvalue weighted by molar-refractivity contribution is 7.99. The zero-order valence-electron chi connectivity index (χ0n) is 22.5. The van der Waals surface area contributed by atoms with Gasteiger partial charge in [-0.15, -0.1) is 11.8 Å². The van der Waals surface area contributed by atoms with E-state index >= 15 is 0 Å². The van der Waals surface area contributed by atoms with Gasteiger partial charge in [-0.05, 0) is 68.0 Å². The molecule has 3 aromatic carbocycles. The summed E-state index contributed by atoms with van der Waals surface area (Å²) in [5.41, 5.74) is 4.66. The molecule has 3 nitrogen and oxygen atoms in total. The van der Waals surface area contributed by atoms with Gasteiger partial charge >= 0.3 is 0 Å². The van der Waals surface area contributed by atoms with Crippen LogP contribution < -0.4 is 0 Å². The largest absolute Gasteiger partial charge is 0.339 e. The van der Waals surface area contributed by atoms with E-state index in [1.165, 1.54) is 22.1 Å². The maximum Gasteiger partial charge on any atom is 0.254 e. The van der Waals surface area contributed by atoms with Crippen molar-refractivity contribution in [2.45, 2.75) is 62.6 Å². The maximum atomic E-state index is 14.2.